The van der Waals surface area contributed by atoms with E-state index in [2.05, 4.69) is 45.4 Å². The second kappa shape index (κ2) is 7.63. The van der Waals surface area contributed by atoms with Crippen LogP contribution in [-0.2, 0) is 0 Å². The summed E-state index contributed by atoms with van der Waals surface area (Å²) < 4.78 is 8.21. The number of pyridine rings is 2. The lowest BCUT2D eigenvalue weighted by molar-refractivity contribution is 0.453. The van der Waals surface area contributed by atoms with Gasteiger partial charge >= 0.3 is 0 Å². The summed E-state index contributed by atoms with van der Waals surface area (Å²) in [4.78, 5) is 27.1. The van der Waals surface area contributed by atoms with E-state index in [4.69, 9.17) is 4.42 Å². The van der Waals surface area contributed by atoms with Crippen molar-refractivity contribution in [3.8, 4) is 11.1 Å². The summed E-state index contributed by atoms with van der Waals surface area (Å²) in [5, 5.41) is 4.38. The molecule has 2 aliphatic rings. The number of fused-ring (bicyclic) bond motifs is 3. The third-order valence-corrected chi connectivity index (χ3v) is 6.96. The molecule has 1 saturated carbocycles. The SMILES string of the molecule is CN=Cc1cc(-c2ccc3c4oc(C5CCCN5)nc4c(=O)n(C4CC4)c3c2C)cnc1C. The Hall–Kier alpha value is -3.32. The number of aliphatic imine (C=N–C) groups is 1. The maximum absolute atomic E-state index is 13.6. The molecule has 1 aliphatic carbocycles. The van der Waals surface area contributed by atoms with Crippen LogP contribution in [0.3, 0.4) is 0 Å². The van der Waals surface area contributed by atoms with Gasteiger partial charge in [0.05, 0.1) is 11.6 Å². The average Bonchev–Trinajstić information content (AvgIpc) is 3.30. The fourth-order valence-corrected chi connectivity index (χ4v) is 5.08. The molecule has 33 heavy (non-hydrogen) atoms. The summed E-state index contributed by atoms with van der Waals surface area (Å²) in [6, 6.07) is 6.59. The molecule has 7 heteroatoms. The monoisotopic (exact) mass is 441 g/mol. The zero-order valence-electron chi connectivity index (χ0n) is 19.2. The smallest absolute Gasteiger partial charge is 0.281 e. The molecule has 4 aromatic rings. The number of hydrogen-bond donors (Lipinski definition) is 1. The van der Waals surface area contributed by atoms with Crippen LogP contribution in [0.2, 0.25) is 0 Å². The van der Waals surface area contributed by atoms with Crippen LogP contribution >= 0.6 is 0 Å². The Labute approximate surface area is 191 Å². The Balaban J connectivity index is 1.62. The van der Waals surface area contributed by atoms with Crippen LogP contribution in [0.5, 0.6) is 0 Å². The molecule has 1 unspecified atom stereocenters. The van der Waals surface area contributed by atoms with Gasteiger partial charge in [-0.05, 0) is 69.3 Å². The summed E-state index contributed by atoms with van der Waals surface area (Å²) in [6.45, 7) is 5.02. The molecule has 6 rings (SSSR count). The summed E-state index contributed by atoms with van der Waals surface area (Å²) in [5.74, 6) is 0.627. The third-order valence-electron chi connectivity index (χ3n) is 6.96. The number of nitrogens with one attached hydrogen (secondary N) is 1. The third kappa shape index (κ3) is 3.22. The number of aromatic nitrogens is 3. The molecule has 0 amide bonds. The van der Waals surface area contributed by atoms with Gasteiger partial charge < -0.3 is 14.3 Å². The lowest BCUT2D eigenvalue weighted by Crippen LogP contribution is -2.21. The van der Waals surface area contributed by atoms with Crippen molar-refractivity contribution >= 4 is 28.2 Å². The standard InChI is InChI=1S/C26H27N5O2/c1-14-19(17-11-16(12-27-3)15(2)29-13-17)8-9-20-23(14)31(18-6-7-18)26(32)22-24(20)33-25(30-22)21-5-4-10-28-21/h8-9,11-13,18,21,28H,4-7,10H2,1-3H3. The first kappa shape index (κ1) is 20.3. The van der Waals surface area contributed by atoms with Gasteiger partial charge in [0.1, 0.15) is 0 Å². The molecule has 1 aliphatic heterocycles. The summed E-state index contributed by atoms with van der Waals surface area (Å²) in [6.07, 6.45) is 7.83. The topological polar surface area (TPSA) is 85.3 Å². The molecule has 0 bridgehead atoms. The second-order valence-corrected chi connectivity index (χ2v) is 9.21. The van der Waals surface area contributed by atoms with Crippen molar-refractivity contribution in [2.75, 3.05) is 13.6 Å². The highest BCUT2D eigenvalue weighted by Crippen LogP contribution is 2.41. The quantitative estimate of drug-likeness (QED) is 0.467. The predicted octanol–water partition coefficient (Wildman–Crippen LogP) is 4.63. The van der Waals surface area contributed by atoms with Crippen LogP contribution < -0.4 is 10.9 Å². The van der Waals surface area contributed by atoms with Gasteiger partial charge in [-0.25, -0.2) is 4.98 Å². The first-order chi connectivity index (χ1) is 16.1. The van der Waals surface area contributed by atoms with Crippen molar-refractivity contribution in [3.63, 3.8) is 0 Å². The average molecular weight is 442 g/mol. The Morgan fingerprint density at radius 2 is 2.09 bits per heavy atom. The maximum Gasteiger partial charge on any atom is 0.281 e. The van der Waals surface area contributed by atoms with Gasteiger partial charge in [-0.2, -0.15) is 0 Å². The van der Waals surface area contributed by atoms with Crippen LogP contribution in [-0.4, -0.2) is 34.3 Å². The van der Waals surface area contributed by atoms with E-state index in [1.165, 1.54) is 0 Å². The molecule has 7 nitrogen and oxygen atoms in total. The maximum atomic E-state index is 13.6. The number of rotatable bonds is 4. The number of aryl methyl sites for hydroxylation is 2. The van der Waals surface area contributed by atoms with Gasteiger partial charge in [-0.1, -0.05) is 6.07 Å². The molecule has 3 aromatic heterocycles. The lowest BCUT2D eigenvalue weighted by atomic mass is 9.97. The highest BCUT2D eigenvalue weighted by atomic mass is 16.4. The van der Waals surface area contributed by atoms with Crippen molar-refractivity contribution < 1.29 is 4.42 Å². The number of benzene rings is 1. The van der Waals surface area contributed by atoms with Gasteiger partial charge in [0, 0.05) is 47.7 Å². The van der Waals surface area contributed by atoms with Crippen LogP contribution in [0.25, 0.3) is 33.1 Å². The Morgan fingerprint density at radius 1 is 1.24 bits per heavy atom. The number of hydrogen-bond acceptors (Lipinski definition) is 6. The fraction of sp³-hybridized carbons (Fsp3) is 0.385. The zero-order valence-corrected chi connectivity index (χ0v) is 19.2. The highest BCUT2D eigenvalue weighted by molar-refractivity contribution is 6.04. The molecule has 1 saturated heterocycles. The van der Waals surface area contributed by atoms with Crippen molar-refractivity contribution in [1.29, 1.82) is 0 Å². The van der Waals surface area contributed by atoms with Crippen LogP contribution in [0, 0.1) is 13.8 Å². The highest BCUT2D eigenvalue weighted by Gasteiger charge is 2.31. The van der Waals surface area contributed by atoms with E-state index in [9.17, 15) is 4.79 Å². The minimum absolute atomic E-state index is 0.0471. The van der Waals surface area contributed by atoms with E-state index in [1.807, 2.05) is 23.9 Å². The van der Waals surface area contributed by atoms with Gasteiger partial charge in [0.15, 0.2) is 11.1 Å². The molecule has 1 aromatic carbocycles. The van der Waals surface area contributed by atoms with Crippen molar-refractivity contribution in [3.05, 3.63) is 57.5 Å². The van der Waals surface area contributed by atoms with Gasteiger partial charge in [0.2, 0.25) is 5.89 Å². The molecule has 0 spiro atoms. The first-order valence-electron chi connectivity index (χ1n) is 11.7. The molecule has 2 fully saturated rings. The second-order valence-electron chi connectivity index (χ2n) is 9.21. The first-order valence-corrected chi connectivity index (χ1v) is 11.7. The Morgan fingerprint density at radius 3 is 2.82 bits per heavy atom. The van der Waals surface area contributed by atoms with E-state index in [0.717, 1.165) is 71.1 Å². The molecule has 168 valence electrons. The van der Waals surface area contributed by atoms with Gasteiger partial charge in [0.25, 0.3) is 5.56 Å². The van der Waals surface area contributed by atoms with Crippen molar-refractivity contribution in [1.82, 2.24) is 19.9 Å². The molecular formula is C26H27N5O2. The molecule has 1 atom stereocenters. The normalized spacial score (nSPS) is 18.8. The van der Waals surface area contributed by atoms with Gasteiger partial charge in [-0.15, -0.1) is 0 Å². The number of nitrogens with zero attached hydrogens (tertiary/aromatic N) is 4. The largest absolute Gasteiger partial charge is 0.438 e. The summed E-state index contributed by atoms with van der Waals surface area (Å²) in [7, 11) is 1.76. The Kier molecular flexibility index (Phi) is 4.69. The van der Waals surface area contributed by atoms with Crippen molar-refractivity contribution in [2.24, 2.45) is 4.99 Å². The summed E-state index contributed by atoms with van der Waals surface area (Å²) >= 11 is 0. The summed E-state index contributed by atoms with van der Waals surface area (Å²) in [5.41, 5.74) is 7.01. The van der Waals surface area contributed by atoms with E-state index in [0.29, 0.717) is 17.0 Å². The zero-order chi connectivity index (χ0) is 22.7. The Bertz CT molecular complexity index is 1490. The van der Waals surface area contributed by atoms with E-state index < -0.39 is 0 Å². The van der Waals surface area contributed by atoms with Gasteiger partial charge in [-0.3, -0.25) is 14.8 Å². The van der Waals surface area contributed by atoms with Crippen LogP contribution in [0.15, 0.2) is 38.6 Å². The van der Waals surface area contributed by atoms with Crippen LogP contribution in [0.1, 0.15) is 60.5 Å². The molecule has 1 N–H and O–H groups in total. The van der Waals surface area contributed by atoms with Crippen LogP contribution in [0.4, 0.5) is 0 Å². The van der Waals surface area contributed by atoms with Crippen molar-refractivity contribution in [2.45, 2.75) is 51.6 Å². The van der Waals surface area contributed by atoms with E-state index in [-0.39, 0.29) is 17.6 Å². The molecule has 4 heterocycles. The minimum Gasteiger partial charge on any atom is -0.438 e. The van der Waals surface area contributed by atoms with E-state index in [1.54, 1.807) is 7.05 Å². The molecule has 0 radical (unpaired) electrons. The van der Waals surface area contributed by atoms with E-state index >= 15 is 0 Å². The minimum atomic E-state index is -0.0471. The predicted molar refractivity (Wildman–Crippen MR) is 130 cm³/mol. The molecular weight excluding hydrogens is 414 g/mol. The lowest BCUT2D eigenvalue weighted by Gasteiger charge is -2.16. The number of oxazole rings is 1. The fourth-order valence-electron chi connectivity index (χ4n) is 5.08.